The molecule has 1 heterocycles. The van der Waals surface area contributed by atoms with Crippen LogP contribution >= 0.6 is 11.3 Å². The summed E-state index contributed by atoms with van der Waals surface area (Å²) in [6.45, 7) is 0. The van der Waals surface area contributed by atoms with Gasteiger partial charge in [-0.05, 0) is 29.9 Å². The number of hydrogen-bond donors (Lipinski definition) is 1. The first-order valence-corrected chi connectivity index (χ1v) is 8.55. The third-order valence-corrected chi connectivity index (χ3v) is 5.37. The molecule has 0 aliphatic heterocycles. The molecule has 1 saturated carbocycles. The molecule has 3 heteroatoms. The van der Waals surface area contributed by atoms with Crippen molar-refractivity contribution in [2.24, 2.45) is 0 Å². The van der Waals surface area contributed by atoms with Crippen molar-refractivity contribution in [1.82, 2.24) is 4.98 Å². The van der Waals surface area contributed by atoms with E-state index in [0.29, 0.717) is 5.13 Å². The first-order valence-electron chi connectivity index (χ1n) is 7.73. The molecule has 1 fully saturated rings. The first-order chi connectivity index (χ1) is 10.8. The molecule has 0 unspecified atom stereocenters. The van der Waals surface area contributed by atoms with Crippen molar-refractivity contribution >= 4 is 16.5 Å². The molecule has 1 aromatic heterocycles. The molecular formula is C19H18N2S. The molecule has 2 nitrogen and oxygen atoms in total. The number of benzene rings is 2. The first kappa shape index (κ1) is 13.5. The van der Waals surface area contributed by atoms with Crippen LogP contribution in [-0.4, -0.2) is 4.98 Å². The summed E-state index contributed by atoms with van der Waals surface area (Å²) >= 11 is 1.56. The van der Waals surface area contributed by atoms with Crippen LogP contribution in [0, 0.1) is 0 Å². The van der Waals surface area contributed by atoms with Crippen LogP contribution in [0.5, 0.6) is 0 Å². The van der Waals surface area contributed by atoms with Crippen LogP contribution in [0.2, 0.25) is 0 Å². The Bertz CT molecular complexity index is 771. The lowest BCUT2D eigenvalue weighted by Gasteiger charge is -2.25. The molecule has 0 radical (unpaired) electrons. The van der Waals surface area contributed by atoms with E-state index in [1.165, 1.54) is 30.4 Å². The monoisotopic (exact) mass is 306 g/mol. The average Bonchev–Trinajstić information content (AvgIpc) is 2.89. The zero-order chi connectivity index (χ0) is 14.9. The molecule has 0 spiro atoms. The van der Waals surface area contributed by atoms with Crippen molar-refractivity contribution in [3.63, 3.8) is 0 Å². The number of aromatic nitrogens is 1. The van der Waals surface area contributed by atoms with Crippen LogP contribution in [0.3, 0.4) is 0 Å². The Kier molecular flexibility index (Phi) is 3.43. The van der Waals surface area contributed by atoms with Crippen molar-refractivity contribution in [1.29, 1.82) is 0 Å². The summed E-state index contributed by atoms with van der Waals surface area (Å²) in [5.74, 6) is 0.767. The predicted octanol–water partition coefficient (Wildman–Crippen LogP) is 5.33. The van der Waals surface area contributed by atoms with Crippen LogP contribution in [0.4, 0.5) is 5.13 Å². The molecule has 22 heavy (non-hydrogen) atoms. The third kappa shape index (κ3) is 2.42. The molecule has 1 aliphatic carbocycles. The van der Waals surface area contributed by atoms with E-state index in [-0.39, 0.29) is 0 Å². The van der Waals surface area contributed by atoms with E-state index in [9.17, 15) is 0 Å². The molecule has 0 amide bonds. The number of nitrogens with two attached hydrogens (primary N) is 1. The molecule has 110 valence electrons. The molecule has 0 bridgehead atoms. The number of thiazole rings is 1. The second-order valence-corrected chi connectivity index (χ2v) is 6.88. The molecule has 2 aromatic carbocycles. The lowest BCUT2D eigenvalue weighted by atomic mass is 9.80. The zero-order valence-electron chi connectivity index (χ0n) is 12.3. The van der Waals surface area contributed by atoms with Crippen LogP contribution in [0.25, 0.3) is 21.7 Å². The maximum Gasteiger partial charge on any atom is 0.181 e. The van der Waals surface area contributed by atoms with Crippen molar-refractivity contribution in [2.75, 3.05) is 5.73 Å². The topological polar surface area (TPSA) is 38.9 Å². The summed E-state index contributed by atoms with van der Waals surface area (Å²) in [6.07, 6.45) is 4.03. The van der Waals surface area contributed by atoms with Crippen LogP contribution in [0.15, 0.2) is 54.6 Å². The van der Waals surface area contributed by atoms with Gasteiger partial charge in [-0.2, -0.15) is 0 Å². The van der Waals surface area contributed by atoms with Gasteiger partial charge in [-0.1, -0.05) is 72.4 Å². The van der Waals surface area contributed by atoms with E-state index < -0.39 is 0 Å². The highest BCUT2D eigenvalue weighted by Crippen LogP contribution is 2.40. The fourth-order valence-electron chi connectivity index (χ4n) is 2.97. The van der Waals surface area contributed by atoms with Gasteiger partial charge in [0.2, 0.25) is 0 Å². The second kappa shape index (κ2) is 5.58. The second-order valence-electron chi connectivity index (χ2n) is 5.85. The van der Waals surface area contributed by atoms with E-state index in [0.717, 1.165) is 22.1 Å². The van der Waals surface area contributed by atoms with Gasteiger partial charge in [-0.15, -0.1) is 0 Å². The fraction of sp³-hybridized carbons (Fsp3) is 0.211. The van der Waals surface area contributed by atoms with Gasteiger partial charge in [0, 0.05) is 5.56 Å². The molecule has 4 rings (SSSR count). The van der Waals surface area contributed by atoms with Gasteiger partial charge in [0.1, 0.15) is 0 Å². The molecule has 1 aliphatic rings. The Morgan fingerprint density at radius 1 is 0.909 bits per heavy atom. The Morgan fingerprint density at radius 3 is 2.27 bits per heavy atom. The minimum Gasteiger partial charge on any atom is -0.375 e. The number of rotatable bonds is 3. The van der Waals surface area contributed by atoms with Gasteiger partial charge < -0.3 is 5.73 Å². The van der Waals surface area contributed by atoms with E-state index in [4.69, 9.17) is 5.73 Å². The normalized spacial score (nSPS) is 14.7. The van der Waals surface area contributed by atoms with Crippen LogP contribution in [0.1, 0.15) is 30.7 Å². The lowest BCUT2D eigenvalue weighted by molar-refractivity contribution is 0.420. The molecule has 2 N–H and O–H groups in total. The van der Waals surface area contributed by atoms with Gasteiger partial charge in [-0.3, -0.25) is 0 Å². The molecule has 0 atom stereocenters. The smallest absolute Gasteiger partial charge is 0.181 e. The summed E-state index contributed by atoms with van der Waals surface area (Å²) in [4.78, 5) is 5.71. The van der Waals surface area contributed by atoms with Gasteiger partial charge in [0.25, 0.3) is 0 Å². The minimum absolute atomic E-state index is 0.622. The summed E-state index contributed by atoms with van der Waals surface area (Å²) in [7, 11) is 0. The van der Waals surface area contributed by atoms with Gasteiger partial charge in [0.05, 0.1) is 10.6 Å². The highest BCUT2D eigenvalue weighted by molar-refractivity contribution is 7.19. The zero-order valence-corrected chi connectivity index (χ0v) is 13.1. The molecular weight excluding hydrogens is 288 g/mol. The summed E-state index contributed by atoms with van der Waals surface area (Å²) < 4.78 is 0. The minimum atomic E-state index is 0.622. The van der Waals surface area contributed by atoms with Gasteiger partial charge >= 0.3 is 0 Å². The van der Waals surface area contributed by atoms with Gasteiger partial charge in [-0.25, -0.2) is 4.98 Å². The summed E-state index contributed by atoms with van der Waals surface area (Å²) in [5, 5.41) is 0.622. The number of nitrogen functional groups attached to an aromatic ring is 1. The third-order valence-electron chi connectivity index (χ3n) is 4.44. The summed E-state index contributed by atoms with van der Waals surface area (Å²) in [5.41, 5.74) is 10.7. The Balaban J connectivity index is 1.73. The Hall–Kier alpha value is -2.13. The standard InChI is InChI=1S/C19H18N2S/c20-19-21-17(18(22-19)16-5-2-1-3-6-16)15-11-9-14(10-12-15)13-7-4-8-13/h1-3,5-6,9-13H,4,7-8H2,(H2,20,21). The Morgan fingerprint density at radius 2 is 1.64 bits per heavy atom. The van der Waals surface area contributed by atoms with E-state index in [2.05, 4.69) is 53.5 Å². The number of hydrogen-bond acceptors (Lipinski definition) is 3. The SMILES string of the molecule is Nc1nc(-c2ccc(C3CCC3)cc2)c(-c2ccccc2)s1. The van der Waals surface area contributed by atoms with Crippen LogP contribution in [-0.2, 0) is 0 Å². The highest BCUT2D eigenvalue weighted by atomic mass is 32.1. The van der Waals surface area contributed by atoms with E-state index in [1.54, 1.807) is 11.3 Å². The molecule has 0 saturated heterocycles. The highest BCUT2D eigenvalue weighted by Gasteiger charge is 2.20. The number of anilines is 1. The average molecular weight is 306 g/mol. The largest absolute Gasteiger partial charge is 0.375 e. The summed E-state index contributed by atoms with van der Waals surface area (Å²) in [6, 6.07) is 19.2. The van der Waals surface area contributed by atoms with E-state index in [1.807, 2.05) is 6.07 Å². The maximum absolute atomic E-state index is 5.97. The van der Waals surface area contributed by atoms with Crippen molar-refractivity contribution in [3.8, 4) is 21.7 Å². The quantitative estimate of drug-likeness (QED) is 0.710. The molecule has 3 aromatic rings. The maximum atomic E-state index is 5.97. The van der Waals surface area contributed by atoms with Crippen LogP contribution < -0.4 is 5.73 Å². The number of nitrogens with zero attached hydrogens (tertiary/aromatic N) is 1. The lowest BCUT2D eigenvalue weighted by Crippen LogP contribution is -2.08. The van der Waals surface area contributed by atoms with E-state index >= 15 is 0 Å². The van der Waals surface area contributed by atoms with Crippen molar-refractivity contribution in [2.45, 2.75) is 25.2 Å². The van der Waals surface area contributed by atoms with Gasteiger partial charge in [0.15, 0.2) is 5.13 Å². The van der Waals surface area contributed by atoms with Crippen molar-refractivity contribution < 1.29 is 0 Å². The Labute approximate surface area is 134 Å². The fourth-order valence-corrected chi connectivity index (χ4v) is 3.83. The van der Waals surface area contributed by atoms with Crippen molar-refractivity contribution in [3.05, 3.63) is 60.2 Å². The predicted molar refractivity (Wildman–Crippen MR) is 94.0 cm³/mol.